The largest absolute Gasteiger partial charge is 0.310 e. The third-order valence-corrected chi connectivity index (χ3v) is 14.6. The Bertz CT molecular complexity index is 3970. The molecule has 0 N–H and O–H groups in total. The summed E-state index contributed by atoms with van der Waals surface area (Å²) in [6.07, 6.45) is 8.08. The normalized spacial score (nSPS) is 11.0. The van der Waals surface area contributed by atoms with Crippen LogP contribution in [0.1, 0.15) is 11.1 Å². The number of para-hydroxylation sites is 4. The maximum absolute atomic E-state index is 4.82. The van der Waals surface area contributed by atoms with Crippen LogP contribution in [0.4, 0.5) is 34.1 Å². The van der Waals surface area contributed by atoms with Gasteiger partial charge in [-0.25, -0.2) is 0 Å². The summed E-state index contributed by atoms with van der Waals surface area (Å²) >= 11 is 7.11. The zero-order valence-electron chi connectivity index (χ0n) is 41.7. The van der Waals surface area contributed by atoms with E-state index in [9.17, 15) is 0 Å². The molecule has 0 bridgehead atoms. The Morgan fingerprint density at radius 3 is 0.805 bits per heavy atom. The molecule has 14 rings (SSSR count). The minimum Gasteiger partial charge on any atom is -0.310 e. The van der Waals surface area contributed by atoms with Gasteiger partial charge in [0.2, 0.25) is 0 Å². The van der Waals surface area contributed by atoms with Gasteiger partial charge in [-0.15, -0.1) is 0 Å². The third-order valence-electron chi connectivity index (χ3n) is 13.6. The summed E-state index contributed by atoms with van der Waals surface area (Å²) in [5.74, 6) is 0. The van der Waals surface area contributed by atoms with Crippen molar-refractivity contribution in [1.29, 1.82) is 0 Å². The Balaban J connectivity index is 0.000000147. The molecule has 0 unspecified atom stereocenters. The Labute approximate surface area is 463 Å². The molecule has 0 saturated carbocycles. The topological polar surface area (TPSA) is 58.0 Å². The lowest BCUT2D eigenvalue weighted by atomic mass is 9.97. The number of anilines is 6. The fraction of sp³-hybridized carbons (Fsp3) is 0.0145. The van der Waals surface area contributed by atoms with E-state index in [-0.39, 0.29) is 0 Å². The van der Waals surface area contributed by atoms with Crippen LogP contribution in [-0.4, -0.2) is 19.9 Å². The first-order chi connectivity index (χ1) is 38.0. The summed E-state index contributed by atoms with van der Waals surface area (Å²) < 4.78 is 2.13. The highest BCUT2D eigenvalue weighted by molar-refractivity contribution is 9.10. The predicted molar refractivity (Wildman–Crippen MR) is 330 cm³/mol. The van der Waals surface area contributed by atoms with Gasteiger partial charge in [-0.2, -0.15) is 0 Å². The van der Waals surface area contributed by atoms with Gasteiger partial charge in [-0.3, -0.25) is 19.9 Å². The smallest absolute Gasteiger partial charge is 0.0971 e. The van der Waals surface area contributed by atoms with Crippen molar-refractivity contribution in [2.45, 2.75) is 6.42 Å². The van der Waals surface area contributed by atoms with Crippen LogP contribution in [0.2, 0.25) is 0 Å². The Morgan fingerprint density at radius 2 is 0.506 bits per heavy atom. The van der Waals surface area contributed by atoms with Gasteiger partial charge < -0.3 is 9.80 Å². The van der Waals surface area contributed by atoms with Crippen molar-refractivity contribution < 1.29 is 0 Å². The van der Waals surface area contributed by atoms with E-state index in [0.29, 0.717) is 0 Å². The number of hydrogen-bond donors (Lipinski definition) is 0. The number of halogens is 2. The van der Waals surface area contributed by atoms with Crippen molar-refractivity contribution in [2.24, 2.45) is 0 Å². The highest BCUT2D eigenvalue weighted by Gasteiger charge is 2.19. The van der Waals surface area contributed by atoms with E-state index in [1.54, 1.807) is 24.8 Å². The maximum atomic E-state index is 4.82. The summed E-state index contributed by atoms with van der Waals surface area (Å²) in [5, 5.41) is 9.04. The zero-order valence-corrected chi connectivity index (χ0v) is 44.9. The van der Waals surface area contributed by atoms with Gasteiger partial charge in [0.25, 0.3) is 0 Å². The van der Waals surface area contributed by atoms with Crippen molar-refractivity contribution in [2.75, 3.05) is 9.80 Å². The van der Waals surface area contributed by atoms with Crippen molar-refractivity contribution in [3.05, 3.63) is 300 Å². The van der Waals surface area contributed by atoms with E-state index >= 15 is 0 Å². The summed E-state index contributed by atoms with van der Waals surface area (Å²) in [7, 11) is 0. The molecule has 0 atom stereocenters. The monoisotopic (exact) mass is 1120 g/mol. The SMILES string of the molecule is Brc1ccc2c(c1)c1cc(Br)ccc1c1nccnc21.c1ccc(Cc2ccccc2)cc1.c1ccc(N(c2ccccc2)c2ccc3c(c2)c2cc(N(c4ccccc4)c4ccccc4)ccc2c2nccnc32)cc1. The molecular weight excluding hydrogens is 1070 g/mol. The molecule has 0 amide bonds. The highest BCUT2D eigenvalue weighted by Crippen LogP contribution is 2.43. The van der Waals surface area contributed by atoms with Crippen molar-refractivity contribution in [3.8, 4) is 0 Å². The summed E-state index contributed by atoms with van der Waals surface area (Å²) in [6.45, 7) is 0. The third kappa shape index (κ3) is 10.4. The second kappa shape index (κ2) is 22.4. The average Bonchev–Trinajstić information content (AvgIpc) is 3.50. The first-order valence-electron chi connectivity index (χ1n) is 25.4. The van der Waals surface area contributed by atoms with Gasteiger partial charge >= 0.3 is 0 Å². The summed E-state index contributed by atoms with van der Waals surface area (Å²) in [4.78, 5) is 23.3. The lowest BCUT2D eigenvalue weighted by Crippen LogP contribution is -2.10. The van der Waals surface area contributed by atoms with Gasteiger partial charge in [0.1, 0.15) is 0 Å². The number of nitrogens with zero attached hydrogens (tertiary/aromatic N) is 6. The molecule has 0 saturated heterocycles. The van der Waals surface area contributed by atoms with Crippen LogP contribution < -0.4 is 9.80 Å². The van der Waals surface area contributed by atoms with Gasteiger partial charge in [0.15, 0.2) is 0 Å². The molecular formula is C69H48Br2N6. The Morgan fingerprint density at radius 1 is 0.247 bits per heavy atom. The number of aromatic nitrogens is 4. The quantitative estimate of drug-likeness (QED) is 0.141. The number of hydrogen-bond acceptors (Lipinski definition) is 6. The molecule has 77 heavy (non-hydrogen) atoms. The predicted octanol–water partition coefficient (Wildman–Crippen LogP) is 19.6. The molecule has 8 heteroatoms. The first-order valence-corrected chi connectivity index (χ1v) is 27.0. The number of rotatable bonds is 8. The van der Waals surface area contributed by atoms with E-state index in [2.05, 4.69) is 294 Å². The van der Waals surface area contributed by atoms with Gasteiger partial charge in [0.05, 0.1) is 22.1 Å². The van der Waals surface area contributed by atoms with E-state index in [4.69, 9.17) is 9.97 Å². The van der Waals surface area contributed by atoms with Gasteiger partial charge in [-0.05, 0) is 136 Å². The van der Waals surface area contributed by atoms with E-state index in [1.165, 1.54) is 21.9 Å². The molecule has 2 heterocycles. The zero-order chi connectivity index (χ0) is 51.9. The molecule has 12 aromatic carbocycles. The molecule has 0 radical (unpaired) electrons. The fourth-order valence-corrected chi connectivity index (χ4v) is 10.9. The fourth-order valence-electron chi connectivity index (χ4n) is 10.2. The van der Waals surface area contributed by atoms with Gasteiger partial charge in [-0.1, -0.05) is 190 Å². The molecule has 14 aromatic rings. The molecule has 0 aliphatic heterocycles. The first kappa shape index (κ1) is 48.8. The summed E-state index contributed by atoms with van der Waals surface area (Å²) in [5.41, 5.74) is 13.0. The van der Waals surface area contributed by atoms with E-state index in [1.807, 2.05) is 12.1 Å². The molecule has 0 aliphatic rings. The Hall–Kier alpha value is -9.08. The second-order valence-corrected chi connectivity index (χ2v) is 20.3. The minimum absolute atomic E-state index is 0.906. The maximum Gasteiger partial charge on any atom is 0.0971 e. The van der Waals surface area contributed by atoms with Crippen LogP contribution >= 0.6 is 31.9 Å². The number of fused-ring (bicyclic) bond motifs is 12. The summed E-state index contributed by atoms with van der Waals surface area (Å²) in [6, 6.07) is 89.0. The van der Waals surface area contributed by atoms with E-state index < -0.39 is 0 Å². The van der Waals surface area contributed by atoms with Crippen LogP contribution in [0.25, 0.3) is 65.2 Å². The molecule has 0 fully saturated rings. The second-order valence-electron chi connectivity index (χ2n) is 18.5. The average molecular weight is 1120 g/mol. The van der Waals surface area contributed by atoms with Crippen LogP contribution in [0.5, 0.6) is 0 Å². The molecule has 368 valence electrons. The molecule has 6 nitrogen and oxygen atoms in total. The number of benzene rings is 12. The lowest BCUT2D eigenvalue weighted by molar-refractivity contribution is 1.19. The standard InChI is InChI=1S/C40H28N4.C16H8Br2N2.C13H12/c1-5-13-29(14-6-1)43(30-15-7-2-8-16-30)33-21-23-35-37(27-33)38-28-34(22-24-36(38)40-39(35)41-25-26-42-40)44(31-17-9-3-10-18-31)32-19-11-4-12-20-32;17-9-1-3-11-13(7-9)14-8-10(18)2-4-12(14)16-15(11)19-5-6-20-16;1-3-7-12(8-4-1)11-13-9-5-2-6-10-13/h1-28H;1-8H;1-10H,11H2. The van der Waals surface area contributed by atoms with Crippen LogP contribution in [0.15, 0.2) is 289 Å². The molecule has 0 aliphatic carbocycles. The lowest BCUT2D eigenvalue weighted by Gasteiger charge is -2.27. The van der Waals surface area contributed by atoms with Crippen molar-refractivity contribution in [1.82, 2.24) is 19.9 Å². The van der Waals surface area contributed by atoms with Crippen molar-refractivity contribution in [3.63, 3.8) is 0 Å². The van der Waals surface area contributed by atoms with Crippen LogP contribution in [0, 0.1) is 0 Å². The molecule has 2 aromatic heterocycles. The molecule has 0 spiro atoms. The minimum atomic E-state index is 0.906. The van der Waals surface area contributed by atoms with Crippen LogP contribution in [-0.2, 0) is 6.42 Å². The van der Waals surface area contributed by atoms with Gasteiger partial charge in [0, 0.05) is 89.4 Å². The van der Waals surface area contributed by atoms with Crippen LogP contribution in [0.3, 0.4) is 0 Å². The highest BCUT2D eigenvalue weighted by atomic mass is 79.9. The van der Waals surface area contributed by atoms with Crippen molar-refractivity contribution >= 4 is 131 Å². The Kier molecular flexibility index (Phi) is 14.2. The van der Waals surface area contributed by atoms with E-state index in [0.717, 1.165) is 104 Å².